The normalized spacial score (nSPS) is 10.8. The summed E-state index contributed by atoms with van der Waals surface area (Å²) in [5.74, 6) is 0.510. The number of aromatic nitrogens is 5. The topological polar surface area (TPSA) is 125 Å². The highest BCUT2D eigenvalue weighted by atomic mass is 35.5. The molecule has 158 valence electrons. The van der Waals surface area contributed by atoms with Crippen LogP contribution in [0.3, 0.4) is 0 Å². The van der Waals surface area contributed by atoms with Crippen molar-refractivity contribution >= 4 is 29.5 Å². The summed E-state index contributed by atoms with van der Waals surface area (Å²) in [4.78, 5) is 26.6. The lowest BCUT2D eigenvalue weighted by atomic mass is 10.2. The summed E-state index contributed by atoms with van der Waals surface area (Å²) in [5.41, 5.74) is 7.02. The van der Waals surface area contributed by atoms with Gasteiger partial charge in [0, 0.05) is 25.2 Å². The first-order valence-electron chi connectivity index (χ1n) is 9.15. The van der Waals surface area contributed by atoms with Crippen LogP contribution < -0.4 is 10.6 Å². The standard InChI is InChI=1S/C20H18ClN7O3/c1-27(2)20-24-17(23-19(22)25-20)11-31-18(29)14-10-15(16-7-4-8-30-16)28(26-14)13-6-3-5-12(21)9-13/h3-10H,11H2,1-2H3,(H2,22,23,24,25). The molecule has 0 atom stereocenters. The number of esters is 1. The average Bonchev–Trinajstić information content (AvgIpc) is 3.41. The number of benzene rings is 1. The van der Waals surface area contributed by atoms with Gasteiger partial charge in [0.2, 0.25) is 11.9 Å². The van der Waals surface area contributed by atoms with E-state index in [2.05, 4.69) is 20.1 Å². The maximum Gasteiger partial charge on any atom is 0.359 e. The number of furan rings is 1. The number of hydrogen-bond donors (Lipinski definition) is 1. The summed E-state index contributed by atoms with van der Waals surface area (Å²) >= 11 is 6.12. The molecule has 1 aromatic carbocycles. The number of halogens is 1. The zero-order valence-electron chi connectivity index (χ0n) is 16.7. The van der Waals surface area contributed by atoms with Crippen LogP contribution in [0.4, 0.5) is 11.9 Å². The van der Waals surface area contributed by atoms with E-state index in [0.29, 0.717) is 28.1 Å². The molecule has 0 radical (unpaired) electrons. The maximum atomic E-state index is 12.7. The first-order valence-corrected chi connectivity index (χ1v) is 9.53. The number of rotatable bonds is 6. The summed E-state index contributed by atoms with van der Waals surface area (Å²) in [6, 6.07) is 12.2. The Kier molecular flexibility index (Phi) is 5.54. The van der Waals surface area contributed by atoms with E-state index < -0.39 is 5.97 Å². The highest BCUT2D eigenvalue weighted by molar-refractivity contribution is 6.30. The summed E-state index contributed by atoms with van der Waals surface area (Å²) in [5, 5.41) is 4.92. The summed E-state index contributed by atoms with van der Waals surface area (Å²) in [6.07, 6.45) is 1.54. The van der Waals surface area contributed by atoms with E-state index in [9.17, 15) is 4.79 Å². The van der Waals surface area contributed by atoms with Crippen LogP contribution in [0.25, 0.3) is 17.1 Å². The number of nitrogens with two attached hydrogens (primary N) is 1. The molecule has 11 heteroatoms. The van der Waals surface area contributed by atoms with E-state index in [-0.39, 0.29) is 24.1 Å². The third-order valence-electron chi connectivity index (χ3n) is 4.16. The van der Waals surface area contributed by atoms with Gasteiger partial charge in [-0.3, -0.25) is 0 Å². The number of nitrogen functional groups attached to an aromatic ring is 1. The Morgan fingerprint density at radius 3 is 2.74 bits per heavy atom. The monoisotopic (exact) mass is 439 g/mol. The molecule has 4 aromatic rings. The Morgan fingerprint density at radius 2 is 2.03 bits per heavy atom. The van der Waals surface area contributed by atoms with Crippen molar-refractivity contribution < 1.29 is 13.9 Å². The van der Waals surface area contributed by atoms with Gasteiger partial charge in [-0.05, 0) is 30.3 Å². The van der Waals surface area contributed by atoms with Crippen molar-refractivity contribution in [2.75, 3.05) is 24.7 Å². The minimum Gasteiger partial charge on any atom is -0.463 e. The van der Waals surface area contributed by atoms with Gasteiger partial charge in [-0.2, -0.15) is 20.1 Å². The lowest BCUT2D eigenvalue weighted by Gasteiger charge is -2.11. The molecule has 0 saturated heterocycles. The van der Waals surface area contributed by atoms with Gasteiger partial charge in [-0.1, -0.05) is 17.7 Å². The second-order valence-electron chi connectivity index (χ2n) is 6.66. The molecule has 31 heavy (non-hydrogen) atoms. The first kappa shape index (κ1) is 20.4. The van der Waals surface area contributed by atoms with Crippen molar-refractivity contribution in [1.29, 1.82) is 0 Å². The maximum absolute atomic E-state index is 12.7. The van der Waals surface area contributed by atoms with Crippen molar-refractivity contribution in [1.82, 2.24) is 24.7 Å². The van der Waals surface area contributed by atoms with Gasteiger partial charge < -0.3 is 19.8 Å². The lowest BCUT2D eigenvalue weighted by Crippen LogP contribution is -2.17. The smallest absolute Gasteiger partial charge is 0.359 e. The van der Waals surface area contributed by atoms with Crippen molar-refractivity contribution in [2.24, 2.45) is 0 Å². The van der Waals surface area contributed by atoms with Gasteiger partial charge in [0.1, 0.15) is 5.69 Å². The fourth-order valence-corrected chi connectivity index (χ4v) is 2.96. The fourth-order valence-electron chi connectivity index (χ4n) is 2.78. The average molecular weight is 440 g/mol. The first-order chi connectivity index (χ1) is 14.9. The molecule has 0 aliphatic carbocycles. The molecule has 0 unspecified atom stereocenters. The second kappa shape index (κ2) is 8.44. The van der Waals surface area contributed by atoms with Gasteiger partial charge >= 0.3 is 5.97 Å². The zero-order chi connectivity index (χ0) is 22.0. The van der Waals surface area contributed by atoms with E-state index in [1.165, 1.54) is 6.26 Å². The molecule has 4 rings (SSSR count). The van der Waals surface area contributed by atoms with Crippen LogP contribution in [0, 0.1) is 0 Å². The molecular weight excluding hydrogens is 422 g/mol. The Hall–Kier alpha value is -3.92. The zero-order valence-corrected chi connectivity index (χ0v) is 17.4. The number of ether oxygens (including phenoxy) is 1. The van der Waals surface area contributed by atoms with Crippen LogP contribution in [0.15, 0.2) is 53.1 Å². The number of hydrogen-bond acceptors (Lipinski definition) is 9. The van der Waals surface area contributed by atoms with Crippen molar-refractivity contribution in [2.45, 2.75) is 6.61 Å². The van der Waals surface area contributed by atoms with Crippen molar-refractivity contribution in [3.63, 3.8) is 0 Å². The van der Waals surface area contributed by atoms with Crippen LogP contribution in [0.1, 0.15) is 16.3 Å². The Balaban J connectivity index is 1.61. The van der Waals surface area contributed by atoms with E-state index in [0.717, 1.165) is 0 Å². The molecule has 0 saturated carbocycles. The summed E-state index contributed by atoms with van der Waals surface area (Å²) in [6.45, 7) is -0.188. The third-order valence-corrected chi connectivity index (χ3v) is 4.40. The van der Waals surface area contributed by atoms with E-state index in [4.69, 9.17) is 26.5 Å². The highest BCUT2D eigenvalue weighted by Crippen LogP contribution is 2.26. The fraction of sp³-hybridized carbons (Fsp3) is 0.150. The van der Waals surface area contributed by atoms with Gasteiger partial charge in [-0.15, -0.1) is 0 Å². The molecule has 0 spiro atoms. The van der Waals surface area contributed by atoms with Crippen LogP contribution in [-0.4, -0.2) is 44.8 Å². The molecule has 0 aliphatic heterocycles. The van der Waals surface area contributed by atoms with E-state index in [1.807, 2.05) is 6.07 Å². The summed E-state index contributed by atoms with van der Waals surface area (Å²) in [7, 11) is 3.53. The molecule has 0 fully saturated rings. The van der Waals surface area contributed by atoms with E-state index >= 15 is 0 Å². The number of carbonyl (C=O) groups is 1. The van der Waals surface area contributed by atoms with Crippen LogP contribution in [-0.2, 0) is 11.3 Å². The van der Waals surface area contributed by atoms with E-state index in [1.54, 1.807) is 60.1 Å². The SMILES string of the molecule is CN(C)c1nc(N)nc(COC(=O)c2cc(-c3ccco3)n(-c3cccc(Cl)c3)n2)n1. The number of anilines is 2. The Morgan fingerprint density at radius 1 is 1.19 bits per heavy atom. The molecule has 3 heterocycles. The summed E-state index contributed by atoms with van der Waals surface area (Å²) < 4.78 is 12.4. The Bertz CT molecular complexity index is 1220. The Labute approximate surface area is 182 Å². The largest absolute Gasteiger partial charge is 0.463 e. The molecule has 3 aromatic heterocycles. The van der Waals surface area contributed by atoms with Gasteiger partial charge in [0.25, 0.3) is 0 Å². The van der Waals surface area contributed by atoms with Crippen LogP contribution in [0.2, 0.25) is 5.02 Å². The number of nitrogens with zero attached hydrogens (tertiary/aromatic N) is 6. The van der Waals surface area contributed by atoms with Crippen LogP contribution in [0.5, 0.6) is 0 Å². The lowest BCUT2D eigenvalue weighted by molar-refractivity contribution is 0.0454. The predicted molar refractivity (Wildman–Crippen MR) is 114 cm³/mol. The molecular formula is C20H18ClN7O3. The van der Waals surface area contributed by atoms with Gasteiger partial charge in [-0.25, -0.2) is 9.48 Å². The molecule has 2 N–H and O–H groups in total. The van der Waals surface area contributed by atoms with Crippen LogP contribution >= 0.6 is 11.6 Å². The van der Waals surface area contributed by atoms with Gasteiger partial charge in [0.15, 0.2) is 23.9 Å². The van der Waals surface area contributed by atoms with Crippen molar-refractivity contribution in [3.05, 3.63) is 65.3 Å². The quantitative estimate of drug-likeness (QED) is 0.451. The predicted octanol–water partition coefficient (Wildman–Crippen LogP) is 2.98. The second-order valence-corrected chi connectivity index (χ2v) is 7.10. The minimum atomic E-state index is -0.654. The van der Waals surface area contributed by atoms with Gasteiger partial charge in [0.05, 0.1) is 12.0 Å². The molecule has 0 amide bonds. The molecule has 0 aliphatic rings. The number of carbonyl (C=O) groups excluding carboxylic acids is 1. The van der Waals surface area contributed by atoms with Crippen molar-refractivity contribution in [3.8, 4) is 17.1 Å². The molecule has 10 nitrogen and oxygen atoms in total. The third kappa shape index (κ3) is 4.48. The molecule has 0 bridgehead atoms. The minimum absolute atomic E-state index is 0.0371. The highest BCUT2D eigenvalue weighted by Gasteiger charge is 2.20.